The molecule has 1 fully saturated rings. The molecule has 2 aromatic heterocycles. The normalized spacial score (nSPS) is 21.1. The summed E-state index contributed by atoms with van der Waals surface area (Å²) in [5.41, 5.74) is 2.02. The first kappa shape index (κ1) is 19.2. The predicted molar refractivity (Wildman–Crippen MR) is 109 cm³/mol. The largest absolute Gasteiger partial charge is 0.340 e. The summed E-state index contributed by atoms with van der Waals surface area (Å²) in [6, 6.07) is 5.82. The summed E-state index contributed by atoms with van der Waals surface area (Å²) in [7, 11) is 0. The van der Waals surface area contributed by atoms with Crippen molar-refractivity contribution in [2.75, 3.05) is 0 Å². The Morgan fingerprint density at radius 3 is 2.60 bits per heavy atom. The third-order valence-corrected chi connectivity index (χ3v) is 6.41. The number of rotatable bonds is 2. The van der Waals surface area contributed by atoms with Crippen molar-refractivity contribution in [3.63, 3.8) is 0 Å². The molecular weight excluding hydrogens is 404 g/mol. The topological polar surface area (TPSA) is 89.9 Å². The van der Waals surface area contributed by atoms with Gasteiger partial charge in [-0.05, 0) is 49.4 Å². The molecule has 0 saturated heterocycles. The number of aromatic nitrogens is 5. The zero-order valence-electron chi connectivity index (χ0n) is 17.0. The van der Waals surface area contributed by atoms with Gasteiger partial charge in [0.05, 0.1) is 12.2 Å². The fourth-order valence-corrected chi connectivity index (χ4v) is 4.80. The van der Waals surface area contributed by atoms with Crippen LogP contribution < -0.4 is 0 Å². The summed E-state index contributed by atoms with van der Waals surface area (Å²) >= 11 is 6.26. The molecule has 8 nitrogen and oxygen atoms in total. The molecule has 0 unspecified atom stereocenters. The Labute approximate surface area is 179 Å². The first-order valence-corrected chi connectivity index (χ1v) is 10.7. The second kappa shape index (κ2) is 7.50. The Bertz CT molecular complexity index is 1100. The van der Waals surface area contributed by atoms with Crippen molar-refractivity contribution in [1.82, 2.24) is 29.8 Å². The number of hydrogen-bond acceptors (Lipinski definition) is 6. The van der Waals surface area contributed by atoms with Crippen LogP contribution in [-0.4, -0.2) is 35.7 Å². The standard InChI is InChI=1S/C21H23ClN6O2/c1-12-23-20(26-30-12)14-3-5-15(6-4-14)21-25-24-19-11-27(13(2)29)10-16-9-17(22)7-8-18(16)28(19)21/h7-9,14-15H,3-6,10-11H2,1-2H3. The van der Waals surface area contributed by atoms with E-state index in [1.165, 1.54) is 0 Å². The van der Waals surface area contributed by atoms with Gasteiger partial charge in [0.1, 0.15) is 5.82 Å². The summed E-state index contributed by atoms with van der Waals surface area (Å²) in [6.45, 7) is 4.35. The van der Waals surface area contributed by atoms with Crippen molar-refractivity contribution in [1.29, 1.82) is 0 Å². The average molecular weight is 427 g/mol. The highest BCUT2D eigenvalue weighted by molar-refractivity contribution is 6.30. The molecule has 0 N–H and O–H groups in total. The van der Waals surface area contributed by atoms with Gasteiger partial charge in [-0.3, -0.25) is 9.36 Å². The molecule has 0 spiro atoms. The Hall–Kier alpha value is -2.74. The monoisotopic (exact) mass is 426 g/mol. The molecule has 156 valence electrons. The molecular formula is C21H23ClN6O2. The number of halogens is 1. The van der Waals surface area contributed by atoms with Gasteiger partial charge in [0.25, 0.3) is 0 Å². The SMILES string of the molecule is CC(=O)N1Cc2cc(Cl)ccc2-n2c(nnc2C2CCC(c3noc(C)n3)CC2)C1. The smallest absolute Gasteiger partial charge is 0.223 e. The van der Waals surface area contributed by atoms with Gasteiger partial charge < -0.3 is 9.42 Å². The van der Waals surface area contributed by atoms with Gasteiger partial charge in [-0.15, -0.1) is 10.2 Å². The van der Waals surface area contributed by atoms with Gasteiger partial charge in [0.15, 0.2) is 11.6 Å². The van der Waals surface area contributed by atoms with Crippen molar-refractivity contribution in [2.24, 2.45) is 0 Å². The van der Waals surface area contributed by atoms with Crippen molar-refractivity contribution in [3.05, 3.63) is 52.1 Å². The number of hydrogen-bond donors (Lipinski definition) is 0. The van der Waals surface area contributed by atoms with E-state index in [0.717, 1.165) is 54.4 Å². The highest BCUT2D eigenvalue weighted by atomic mass is 35.5. The molecule has 0 radical (unpaired) electrons. The van der Waals surface area contributed by atoms with Gasteiger partial charge in [-0.25, -0.2) is 0 Å². The fraction of sp³-hybridized carbons (Fsp3) is 0.476. The van der Waals surface area contributed by atoms with E-state index in [1.807, 2.05) is 25.1 Å². The Balaban J connectivity index is 1.47. The second-order valence-corrected chi connectivity index (χ2v) is 8.61. The van der Waals surface area contributed by atoms with Crippen LogP contribution in [0, 0.1) is 6.92 Å². The number of aryl methyl sites for hydroxylation is 1. The van der Waals surface area contributed by atoms with Crippen LogP contribution in [0.2, 0.25) is 5.02 Å². The first-order valence-electron chi connectivity index (χ1n) is 10.3. The third-order valence-electron chi connectivity index (χ3n) is 6.18. The zero-order chi connectivity index (χ0) is 20.8. The van der Waals surface area contributed by atoms with Crippen molar-refractivity contribution < 1.29 is 9.32 Å². The van der Waals surface area contributed by atoms with E-state index in [2.05, 4.69) is 24.9 Å². The van der Waals surface area contributed by atoms with Crippen molar-refractivity contribution >= 4 is 17.5 Å². The van der Waals surface area contributed by atoms with Crippen LogP contribution >= 0.6 is 11.6 Å². The van der Waals surface area contributed by atoms with E-state index in [0.29, 0.717) is 35.8 Å². The number of benzene rings is 1. The molecule has 1 aliphatic heterocycles. The van der Waals surface area contributed by atoms with Gasteiger partial charge in [0.2, 0.25) is 11.8 Å². The molecule has 1 aliphatic carbocycles. The lowest BCUT2D eigenvalue weighted by Gasteiger charge is -2.26. The van der Waals surface area contributed by atoms with Crippen molar-refractivity contribution in [2.45, 2.75) is 64.5 Å². The lowest BCUT2D eigenvalue weighted by molar-refractivity contribution is -0.130. The van der Waals surface area contributed by atoms with E-state index in [9.17, 15) is 4.79 Å². The molecule has 1 saturated carbocycles. The number of carbonyl (C=O) groups is 1. The van der Waals surface area contributed by atoms with Crippen LogP contribution in [0.1, 0.15) is 73.4 Å². The van der Waals surface area contributed by atoms with Crippen molar-refractivity contribution in [3.8, 4) is 5.69 Å². The highest BCUT2D eigenvalue weighted by Crippen LogP contribution is 2.40. The molecule has 1 aromatic carbocycles. The van der Waals surface area contributed by atoms with Crippen LogP contribution in [0.3, 0.4) is 0 Å². The Morgan fingerprint density at radius 2 is 1.90 bits per heavy atom. The first-order chi connectivity index (χ1) is 14.5. The Morgan fingerprint density at radius 1 is 1.13 bits per heavy atom. The maximum atomic E-state index is 12.2. The number of amides is 1. The zero-order valence-corrected chi connectivity index (χ0v) is 17.8. The van der Waals surface area contributed by atoms with Crippen LogP contribution in [0.4, 0.5) is 0 Å². The quantitative estimate of drug-likeness (QED) is 0.617. The lowest BCUT2D eigenvalue weighted by Crippen LogP contribution is -2.27. The predicted octanol–water partition coefficient (Wildman–Crippen LogP) is 3.92. The minimum absolute atomic E-state index is 0.00911. The molecule has 5 rings (SSSR count). The summed E-state index contributed by atoms with van der Waals surface area (Å²) in [5.74, 6) is 3.80. The van der Waals surface area contributed by atoms with Gasteiger partial charge >= 0.3 is 0 Å². The Kier molecular flexibility index (Phi) is 4.81. The van der Waals surface area contributed by atoms with E-state index in [4.69, 9.17) is 16.1 Å². The maximum absolute atomic E-state index is 12.2. The number of nitrogens with zero attached hydrogens (tertiary/aromatic N) is 6. The van der Waals surface area contributed by atoms with E-state index < -0.39 is 0 Å². The van der Waals surface area contributed by atoms with E-state index in [1.54, 1.807) is 11.8 Å². The summed E-state index contributed by atoms with van der Waals surface area (Å²) < 4.78 is 7.29. The van der Waals surface area contributed by atoms with E-state index >= 15 is 0 Å². The van der Waals surface area contributed by atoms with Crippen LogP contribution in [0.25, 0.3) is 5.69 Å². The average Bonchev–Trinajstić information content (AvgIpc) is 3.30. The molecule has 0 atom stereocenters. The molecule has 3 heterocycles. The molecule has 0 bridgehead atoms. The van der Waals surface area contributed by atoms with E-state index in [-0.39, 0.29) is 5.91 Å². The minimum atomic E-state index is 0.00911. The van der Waals surface area contributed by atoms with Crippen LogP contribution in [0.5, 0.6) is 0 Å². The van der Waals surface area contributed by atoms with Gasteiger partial charge in [0, 0.05) is 37.3 Å². The molecule has 9 heteroatoms. The lowest BCUT2D eigenvalue weighted by atomic mass is 9.81. The highest BCUT2D eigenvalue weighted by Gasteiger charge is 2.32. The third kappa shape index (κ3) is 3.39. The summed E-state index contributed by atoms with van der Waals surface area (Å²) in [4.78, 5) is 18.3. The summed E-state index contributed by atoms with van der Waals surface area (Å²) in [6.07, 6.45) is 3.93. The number of fused-ring (bicyclic) bond motifs is 3. The number of carbonyl (C=O) groups excluding carboxylic acids is 1. The molecule has 3 aromatic rings. The molecule has 30 heavy (non-hydrogen) atoms. The maximum Gasteiger partial charge on any atom is 0.223 e. The minimum Gasteiger partial charge on any atom is -0.340 e. The van der Waals surface area contributed by atoms with Gasteiger partial charge in [-0.1, -0.05) is 16.8 Å². The molecule has 2 aliphatic rings. The van der Waals surface area contributed by atoms with Gasteiger partial charge in [-0.2, -0.15) is 4.98 Å². The van der Waals surface area contributed by atoms with Crippen LogP contribution in [-0.2, 0) is 17.9 Å². The fourth-order valence-electron chi connectivity index (χ4n) is 4.60. The van der Waals surface area contributed by atoms with Crippen LogP contribution in [0.15, 0.2) is 22.7 Å². The second-order valence-electron chi connectivity index (χ2n) is 8.18. The summed E-state index contributed by atoms with van der Waals surface area (Å²) in [5, 5.41) is 13.8. The molecule has 1 amide bonds.